The number of hydrogen-bond acceptors (Lipinski definition) is 7. The van der Waals surface area contributed by atoms with E-state index in [2.05, 4.69) is 21.1 Å². The fourth-order valence-corrected chi connectivity index (χ4v) is 3.49. The molecule has 166 valence electrons. The third kappa shape index (κ3) is 4.77. The fourth-order valence-electron chi connectivity index (χ4n) is 3.49. The molecule has 7 nitrogen and oxygen atoms in total. The van der Waals surface area contributed by atoms with Crippen LogP contribution in [0.15, 0.2) is 92.2 Å². The maximum atomic E-state index is 12.1. The predicted octanol–water partition coefficient (Wildman–Crippen LogP) is 5.48. The van der Waals surface area contributed by atoms with Gasteiger partial charge in [-0.1, -0.05) is 36.4 Å². The van der Waals surface area contributed by atoms with Gasteiger partial charge in [-0.3, -0.25) is 10.9 Å². The number of anilines is 2. The fraction of sp³-hybridized carbons (Fsp3) is 0.115. The Morgan fingerprint density at radius 3 is 1.97 bits per heavy atom. The van der Waals surface area contributed by atoms with E-state index in [0.29, 0.717) is 27.9 Å². The largest absolute Gasteiger partial charge is 0.506 e. The second-order valence-corrected chi connectivity index (χ2v) is 7.62. The van der Waals surface area contributed by atoms with Crippen LogP contribution in [0.5, 0.6) is 5.75 Å². The van der Waals surface area contributed by atoms with Crippen molar-refractivity contribution in [2.24, 2.45) is 10.2 Å². The van der Waals surface area contributed by atoms with Crippen molar-refractivity contribution in [3.8, 4) is 5.75 Å². The van der Waals surface area contributed by atoms with Crippen LogP contribution in [0.2, 0.25) is 0 Å². The Labute approximate surface area is 191 Å². The first-order valence-electron chi connectivity index (χ1n) is 10.5. The normalized spacial score (nSPS) is 12.1. The molecule has 4 rings (SSSR count). The summed E-state index contributed by atoms with van der Waals surface area (Å²) in [4.78, 5) is 12.1. The van der Waals surface area contributed by atoms with Gasteiger partial charge in [-0.25, -0.2) is 4.79 Å². The van der Waals surface area contributed by atoms with Crippen LogP contribution in [-0.2, 0) is 0 Å². The van der Waals surface area contributed by atoms with E-state index >= 15 is 0 Å². The molecule has 3 aromatic carbocycles. The SMILES string of the molecule is C/C(=N\Nc1ccccc1)c1cc2c(C)cc(=O)oc2c(/C(C)=N/Nc2ccccc2)c1O. The first-order chi connectivity index (χ1) is 15.9. The molecule has 4 aromatic rings. The topological polar surface area (TPSA) is 99.2 Å². The van der Waals surface area contributed by atoms with Crippen molar-refractivity contribution >= 4 is 33.8 Å². The number of rotatable bonds is 6. The van der Waals surface area contributed by atoms with Crippen LogP contribution in [0.4, 0.5) is 11.4 Å². The highest BCUT2D eigenvalue weighted by Gasteiger charge is 2.20. The van der Waals surface area contributed by atoms with E-state index in [4.69, 9.17) is 4.42 Å². The zero-order valence-corrected chi connectivity index (χ0v) is 18.6. The number of para-hydroxylation sites is 2. The van der Waals surface area contributed by atoms with Crippen LogP contribution in [0.3, 0.4) is 0 Å². The molecular formula is C26H24N4O3. The quantitative estimate of drug-likeness (QED) is 0.209. The Morgan fingerprint density at radius 1 is 0.848 bits per heavy atom. The number of nitrogens with one attached hydrogen (secondary N) is 2. The van der Waals surface area contributed by atoms with E-state index in [1.807, 2.05) is 67.6 Å². The molecule has 0 aliphatic heterocycles. The molecule has 0 aliphatic carbocycles. The lowest BCUT2D eigenvalue weighted by Crippen LogP contribution is -2.09. The van der Waals surface area contributed by atoms with Crippen molar-refractivity contribution in [1.82, 2.24) is 0 Å². The Kier molecular flexibility index (Phi) is 6.22. The highest BCUT2D eigenvalue weighted by atomic mass is 16.4. The van der Waals surface area contributed by atoms with E-state index in [-0.39, 0.29) is 11.3 Å². The zero-order valence-electron chi connectivity index (χ0n) is 18.6. The van der Waals surface area contributed by atoms with Gasteiger partial charge in [0.15, 0.2) is 5.58 Å². The number of benzene rings is 3. The minimum absolute atomic E-state index is 0.0662. The van der Waals surface area contributed by atoms with Gasteiger partial charge in [0.05, 0.1) is 28.4 Å². The third-order valence-corrected chi connectivity index (χ3v) is 5.22. The minimum Gasteiger partial charge on any atom is -0.506 e. The summed E-state index contributed by atoms with van der Waals surface area (Å²) in [6, 6.07) is 22.2. The van der Waals surface area contributed by atoms with Gasteiger partial charge in [-0.15, -0.1) is 0 Å². The average molecular weight is 441 g/mol. The van der Waals surface area contributed by atoms with Gasteiger partial charge < -0.3 is 9.52 Å². The Morgan fingerprint density at radius 2 is 1.39 bits per heavy atom. The summed E-state index contributed by atoms with van der Waals surface area (Å²) in [5.74, 6) is -0.0662. The number of phenolic OH excluding ortho intramolecular Hbond substituents is 1. The second-order valence-electron chi connectivity index (χ2n) is 7.62. The highest BCUT2D eigenvalue weighted by Crippen LogP contribution is 2.33. The van der Waals surface area contributed by atoms with Crippen LogP contribution in [0, 0.1) is 6.92 Å². The number of aromatic hydroxyl groups is 1. The van der Waals surface area contributed by atoms with Crippen molar-refractivity contribution in [3.63, 3.8) is 0 Å². The summed E-state index contributed by atoms with van der Waals surface area (Å²) in [6.45, 7) is 5.36. The van der Waals surface area contributed by atoms with Crippen molar-refractivity contribution in [2.45, 2.75) is 20.8 Å². The monoisotopic (exact) mass is 440 g/mol. The standard InChI is InChI=1S/C26H24N4O3/c1-16-14-23(31)33-26-21(16)15-22(17(2)27-29-19-10-6-4-7-11-19)25(32)24(26)18(3)28-30-20-12-8-5-9-13-20/h4-15,29-30,32H,1-3H3/b27-17+,28-18+. The summed E-state index contributed by atoms with van der Waals surface area (Å²) in [6.07, 6.45) is 0. The Balaban J connectivity index is 1.83. The molecular weight excluding hydrogens is 416 g/mol. The lowest BCUT2D eigenvalue weighted by molar-refractivity contribution is 0.470. The molecule has 33 heavy (non-hydrogen) atoms. The van der Waals surface area contributed by atoms with Gasteiger partial charge in [0.2, 0.25) is 0 Å². The molecule has 0 amide bonds. The molecule has 0 saturated carbocycles. The van der Waals surface area contributed by atoms with Gasteiger partial charge in [-0.05, 0) is 56.7 Å². The number of hydrazone groups is 2. The van der Waals surface area contributed by atoms with Crippen molar-refractivity contribution < 1.29 is 9.52 Å². The predicted molar refractivity (Wildman–Crippen MR) is 133 cm³/mol. The van der Waals surface area contributed by atoms with Crippen molar-refractivity contribution in [1.29, 1.82) is 0 Å². The zero-order chi connectivity index (χ0) is 23.4. The maximum absolute atomic E-state index is 12.1. The third-order valence-electron chi connectivity index (χ3n) is 5.22. The lowest BCUT2D eigenvalue weighted by Gasteiger charge is -2.14. The molecule has 7 heteroatoms. The van der Waals surface area contributed by atoms with Gasteiger partial charge in [-0.2, -0.15) is 10.2 Å². The van der Waals surface area contributed by atoms with Crippen LogP contribution in [-0.4, -0.2) is 16.5 Å². The average Bonchev–Trinajstić information content (AvgIpc) is 2.82. The van der Waals surface area contributed by atoms with E-state index in [1.54, 1.807) is 19.9 Å². The van der Waals surface area contributed by atoms with E-state index in [1.165, 1.54) is 6.07 Å². The van der Waals surface area contributed by atoms with Crippen LogP contribution < -0.4 is 16.5 Å². The molecule has 1 heterocycles. The smallest absolute Gasteiger partial charge is 0.336 e. The molecule has 0 radical (unpaired) electrons. The van der Waals surface area contributed by atoms with E-state index < -0.39 is 5.63 Å². The maximum Gasteiger partial charge on any atom is 0.336 e. The summed E-state index contributed by atoms with van der Waals surface area (Å²) >= 11 is 0. The molecule has 3 N–H and O–H groups in total. The van der Waals surface area contributed by atoms with Crippen molar-refractivity contribution in [3.05, 3.63) is 99.9 Å². The van der Waals surface area contributed by atoms with Crippen LogP contribution in [0.25, 0.3) is 11.0 Å². The summed E-state index contributed by atoms with van der Waals surface area (Å²) in [5.41, 5.74) is 9.97. The Bertz CT molecular complexity index is 1410. The van der Waals surface area contributed by atoms with E-state index in [0.717, 1.165) is 16.9 Å². The lowest BCUT2D eigenvalue weighted by atomic mass is 9.97. The number of hydrogen-bond donors (Lipinski definition) is 3. The number of nitrogens with zero attached hydrogens (tertiary/aromatic N) is 2. The molecule has 0 unspecified atom stereocenters. The highest BCUT2D eigenvalue weighted by molar-refractivity contribution is 6.15. The molecule has 0 bridgehead atoms. The van der Waals surface area contributed by atoms with Gasteiger partial charge >= 0.3 is 5.63 Å². The van der Waals surface area contributed by atoms with Crippen LogP contribution >= 0.6 is 0 Å². The molecule has 0 atom stereocenters. The van der Waals surface area contributed by atoms with E-state index in [9.17, 15) is 9.90 Å². The molecule has 0 fully saturated rings. The molecule has 0 saturated heterocycles. The number of phenols is 1. The first-order valence-corrected chi connectivity index (χ1v) is 10.5. The molecule has 0 spiro atoms. The summed E-state index contributed by atoms with van der Waals surface area (Å²) in [7, 11) is 0. The summed E-state index contributed by atoms with van der Waals surface area (Å²) < 4.78 is 5.51. The van der Waals surface area contributed by atoms with Gasteiger partial charge in [0, 0.05) is 17.0 Å². The Hall–Kier alpha value is -4.39. The van der Waals surface area contributed by atoms with Crippen molar-refractivity contribution in [2.75, 3.05) is 10.9 Å². The number of fused-ring (bicyclic) bond motifs is 1. The second kappa shape index (κ2) is 9.40. The molecule has 0 aliphatic rings. The number of aryl methyl sites for hydroxylation is 1. The minimum atomic E-state index is -0.492. The molecule has 1 aromatic heterocycles. The van der Waals surface area contributed by atoms with Gasteiger partial charge in [0.25, 0.3) is 0 Å². The van der Waals surface area contributed by atoms with Gasteiger partial charge in [0.1, 0.15) is 5.75 Å². The summed E-state index contributed by atoms with van der Waals surface area (Å²) in [5, 5.41) is 20.8. The first kappa shape index (κ1) is 21.8. The van der Waals surface area contributed by atoms with Crippen LogP contribution in [0.1, 0.15) is 30.5 Å².